The van der Waals surface area contributed by atoms with E-state index in [1.807, 2.05) is 19.2 Å². The Hall–Kier alpha value is -0.430. The number of rotatable bonds is 7. The minimum Gasteiger partial charge on any atom is -0.312 e. The van der Waals surface area contributed by atoms with Gasteiger partial charge >= 0.3 is 0 Å². The van der Waals surface area contributed by atoms with Gasteiger partial charge in [0.25, 0.3) is 0 Å². The molecule has 1 aliphatic carbocycles. The molecule has 1 aromatic heterocycles. The Morgan fingerprint density at radius 3 is 2.79 bits per heavy atom. The first-order valence-corrected chi connectivity index (χ1v) is 9.20. The van der Waals surface area contributed by atoms with Crippen LogP contribution in [0.2, 0.25) is 0 Å². The summed E-state index contributed by atoms with van der Waals surface area (Å²) in [7, 11) is -3.38. The maximum absolute atomic E-state index is 12.4. The zero-order chi connectivity index (χ0) is 13.9. The van der Waals surface area contributed by atoms with Gasteiger partial charge < -0.3 is 5.32 Å². The van der Waals surface area contributed by atoms with Crippen molar-refractivity contribution in [2.45, 2.75) is 50.6 Å². The van der Waals surface area contributed by atoms with E-state index in [2.05, 4.69) is 10.0 Å². The molecule has 108 valence electrons. The molecule has 0 aromatic carbocycles. The average Bonchev–Trinajstić information content (AvgIpc) is 2.71. The lowest BCUT2D eigenvalue weighted by atomic mass is 9.81. The van der Waals surface area contributed by atoms with E-state index < -0.39 is 10.0 Å². The molecule has 1 fully saturated rings. The summed E-state index contributed by atoms with van der Waals surface area (Å²) in [6.07, 6.45) is 3.50. The first kappa shape index (κ1) is 15.0. The van der Waals surface area contributed by atoms with Gasteiger partial charge in [-0.15, -0.1) is 11.3 Å². The molecular weight excluding hydrogens is 280 g/mol. The fourth-order valence-electron chi connectivity index (χ4n) is 2.28. The van der Waals surface area contributed by atoms with E-state index >= 15 is 0 Å². The van der Waals surface area contributed by atoms with Crippen LogP contribution in [0.15, 0.2) is 16.3 Å². The van der Waals surface area contributed by atoms with Crippen molar-refractivity contribution < 1.29 is 8.42 Å². The molecule has 6 heteroatoms. The quantitative estimate of drug-likeness (QED) is 0.812. The minimum absolute atomic E-state index is 0.0330. The zero-order valence-corrected chi connectivity index (χ0v) is 13.1. The highest BCUT2D eigenvalue weighted by atomic mass is 32.2. The van der Waals surface area contributed by atoms with E-state index in [1.54, 1.807) is 6.07 Å². The van der Waals surface area contributed by atoms with Crippen molar-refractivity contribution in [3.05, 3.63) is 16.3 Å². The molecule has 0 saturated heterocycles. The van der Waals surface area contributed by atoms with Gasteiger partial charge in [0, 0.05) is 17.5 Å². The predicted molar refractivity (Wildman–Crippen MR) is 78.8 cm³/mol. The van der Waals surface area contributed by atoms with Crippen molar-refractivity contribution in [2.24, 2.45) is 5.92 Å². The van der Waals surface area contributed by atoms with Gasteiger partial charge in [0.1, 0.15) is 0 Å². The van der Waals surface area contributed by atoms with Gasteiger partial charge in [-0.25, -0.2) is 13.1 Å². The van der Waals surface area contributed by atoms with Gasteiger partial charge in [0.05, 0.1) is 4.90 Å². The van der Waals surface area contributed by atoms with Crippen molar-refractivity contribution in [3.8, 4) is 0 Å². The van der Waals surface area contributed by atoms with Gasteiger partial charge in [-0.3, -0.25) is 0 Å². The standard InChI is InChI=1S/C13H22N2O2S2/c1-3-14-9-12-13(7-8-18-12)19(16,17)15-10(2)11-5-4-6-11/h7-8,10-11,14-15H,3-6,9H2,1-2H3. The van der Waals surface area contributed by atoms with E-state index in [0.29, 0.717) is 17.4 Å². The Balaban J connectivity index is 2.07. The third-order valence-corrected chi connectivity index (χ3v) is 6.42. The number of hydrogen-bond acceptors (Lipinski definition) is 4. The lowest BCUT2D eigenvalue weighted by Crippen LogP contribution is -2.40. The summed E-state index contributed by atoms with van der Waals surface area (Å²) in [4.78, 5) is 1.32. The highest BCUT2D eigenvalue weighted by Gasteiger charge is 2.29. The first-order chi connectivity index (χ1) is 9.04. The summed E-state index contributed by atoms with van der Waals surface area (Å²) in [5.74, 6) is 0.505. The van der Waals surface area contributed by atoms with Crippen LogP contribution in [-0.4, -0.2) is 21.0 Å². The molecule has 0 spiro atoms. The molecule has 1 saturated carbocycles. The summed E-state index contributed by atoms with van der Waals surface area (Å²) in [5, 5.41) is 5.02. The lowest BCUT2D eigenvalue weighted by Gasteiger charge is -2.31. The first-order valence-electron chi connectivity index (χ1n) is 6.84. The van der Waals surface area contributed by atoms with E-state index in [0.717, 1.165) is 24.3 Å². The molecule has 1 heterocycles. The Labute approximate surface area is 119 Å². The number of sulfonamides is 1. The largest absolute Gasteiger partial charge is 0.312 e. The zero-order valence-electron chi connectivity index (χ0n) is 11.5. The smallest absolute Gasteiger partial charge is 0.241 e. The highest BCUT2D eigenvalue weighted by Crippen LogP contribution is 2.30. The Morgan fingerprint density at radius 2 is 2.21 bits per heavy atom. The van der Waals surface area contributed by atoms with Gasteiger partial charge in [0.2, 0.25) is 10.0 Å². The minimum atomic E-state index is -3.38. The summed E-state index contributed by atoms with van der Waals surface area (Å²) in [6, 6.07) is 1.73. The molecule has 4 nitrogen and oxygen atoms in total. The van der Waals surface area contributed by atoms with Crippen molar-refractivity contribution in [1.29, 1.82) is 0 Å². The van der Waals surface area contributed by atoms with Crippen LogP contribution < -0.4 is 10.0 Å². The number of thiophene rings is 1. The van der Waals surface area contributed by atoms with Crippen LogP contribution in [0, 0.1) is 5.92 Å². The van der Waals surface area contributed by atoms with E-state index in [1.165, 1.54) is 17.8 Å². The molecule has 2 rings (SSSR count). The van der Waals surface area contributed by atoms with E-state index in [-0.39, 0.29) is 6.04 Å². The summed E-state index contributed by atoms with van der Waals surface area (Å²) in [5.41, 5.74) is 0. The second-order valence-electron chi connectivity index (χ2n) is 5.09. The summed E-state index contributed by atoms with van der Waals surface area (Å²) in [6.45, 7) is 5.43. The predicted octanol–water partition coefficient (Wildman–Crippen LogP) is 2.32. The van der Waals surface area contributed by atoms with Crippen molar-refractivity contribution >= 4 is 21.4 Å². The highest BCUT2D eigenvalue weighted by molar-refractivity contribution is 7.89. The molecule has 0 bridgehead atoms. The van der Waals surface area contributed by atoms with Gasteiger partial charge in [-0.1, -0.05) is 13.3 Å². The van der Waals surface area contributed by atoms with Crippen LogP contribution in [0.3, 0.4) is 0 Å². The maximum Gasteiger partial charge on any atom is 0.241 e. The Kier molecular flexibility index (Phi) is 5.00. The molecule has 1 unspecified atom stereocenters. The third-order valence-electron chi connectivity index (χ3n) is 3.73. The summed E-state index contributed by atoms with van der Waals surface area (Å²) >= 11 is 1.49. The molecular formula is C13H22N2O2S2. The van der Waals surface area contributed by atoms with Crippen LogP contribution in [0.5, 0.6) is 0 Å². The van der Waals surface area contributed by atoms with Crippen LogP contribution in [-0.2, 0) is 16.6 Å². The second-order valence-corrected chi connectivity index (χ2v) is 7.77. The summed E-state index contributed by atoms with van der Waals surface area (Å²) < 4.78 is 27.6. The molecule has 0 radical (unpaired) electrons. The van der Waals surface area contributed by atoms with Crippen molar-refractivity contribution in [2.75, 3.05) is 6.54 Å². The van der Waals surface area contributed by atoms with E-state index in [9.17, 15) is 8.42 Å². The Bertz CT molecular complexity index is 506. The molecule has 0 aliphatic heterocycles. The molecule has 1 aliphatic rings. The third kappa shape index (κ3) is 3.56. The van der Waals surface area contributed by atoms with Crippen LogP contribution >= 0.6 is 11.3 Å². The fraction of sp³-hybridized carbons (Fsp3) is 0.692. The maximum atomic E-state index is 12.4. The van der Waals surface area contributed by atoms with Crippen LogP contribution in [0.4, 0.5) is 0 Å². The average molecular weight is 302 g/mol. The van der Waals surface area contributed by atoms with Gasteiger partial charge in [0.15, 0.2) is 0 Å². The normalized spacial score (nSPS) is 18.2. The van der Waals surface area contributed by atoms with Crippen molar-refractivity contribution in [3.63, 3.8) is 0 Å². The Morgan fingerprint density at radius 1 is 1.47 bits per heavy atom. The number of hydrogen-bond donors (Lipinski definition) is 2. The van der Waals surface area contributed by atoms with Crippen LogP contribution in [0.25, 0.3) is 0 Å². The fourth-order valence-corrected chi connectivity index (χ4v) is 5.01. The second kappa shape index (κ2) is 6.35. The molecule has 2 N–H and O–H groups in total. The molecule has 1 atom stereocenters. The van der Waals surface area contributed by atoms with Gasteiger partial charge in [-0.05, 0) is 43.7 Å². The van der Waals surface area contributed by atoms with Crippen molar-refractivity contribution in [1.82, 2.24) is 10.0 Å². The molecule has 19 heavy (non-hydrogen) atoms. The van der Waals surface area contributed by atoms with E-state index in [4.69, 9.17) is 0 Å². The molecule has 1 aromatic rings. The lowest BCUT2D eigenvalue weighted by molar-refractivity contribution is 0.260. The topological polar surface area (TPSA) is 58.2 Å². The molecule has 0 amide bonds. The monoisotopic (exact) mass is 302 g/mol. The SMILES string of the molecule is CCNCc1sccc1S(=O)(=O)NC(C)C1CCC1. The van der Waals surface area contributed by atoms with Gasteiger partial charge in [-0.2, -0.15) is 0 Å². The van der Waals surface area contributed by atoms with Crippen LogP contribution in [0.1, 0.15) is 38.0 Å². The number of nitrogens with one attached hydrogen (secondary N) is 2.